The van der Waals surface area contributed by atoms with Crippen LogP contribution in [0.25, 0.3) is 0 Å². The molecule has 0 saturated heterocycles. The summed E-state index contributed by atoms with van der Waals surface area (Å²) >= 11 is 0. The molecule has 0 aliphatic heterocycles. The number of halogens is 1. The minimum atomic E-state index is -1.14. The number of aromatic nitrogens is 2. The number of hydrogen-bond acceptors (Lipinski definition) is 7. The van der Waals surface area contributed by atoms with Crippen molar-refractivity contribution in [2.75, 3.05) is 11.9 Å². The zero-order valence-corrected chi connectivity index (χ0v) is 16.1. The average Bonchev–Trinajstić information content (AvgIpc) is 2.75. The average molecular weight is 401 g/mol. The van der Waals surface area contributed by atoms with E-state index in [1.54, 1.807) is 31.3 Å². The minimum absolute atomic E-state index is 0.0227. The number of rotatable bonds is 10. The lowest BCUT2D eigenvalue weighted by Gasteiger charge is -2.14. The number of hydrogen-bond donors (Lipinski definition) is 3. The SMILES string of the molecule is C/C=C/N(CC(F)CCc1ccc(NC(=O)Cc2ccccc2)nn1)N=N.N=O. The Morgan fingerprint density at radius 3 is 2.55 bits per heavy atom. The fourth-order valence-corrected chi connectivity index (χ4v) is 2.43. The molecule has 1 amide bonds. The molecule has 2 rings (SSSR count). The smallest absolute Gasteiger partial charge is 0.229 e. The lowest BCUT2D eigenvalue weighted by molar-refractivity contribution is -0.115. The Hall–Kier alpha value is -3.56. The summed E-state index contributed by atoms with van der Waals surface area (Å²) in [4.78, 5) is 19.5. The van der Waals surface area contributed by atoms with Gasteiger partial charge in [0.1, 0.15) is 6.17 Å². The number of alkyl halides is 1. The lowest BCUT2D eigenvalue weighted by Crippen LogP contribution is -2.21. The van der Waals surface area contributed by atoms with Crippen LogP contribution >= 0.6 is 0 Å². The maximum Gasteiger partial charge on any atom is 0.229 e. The third-order valence-electron chi connectivity index (χ3n) is 3.74. The van der Waals surface area contributed by atoms with Gasteiger partial charge in [0.15, 0.2) is 5.82 Å². The molecule has 154 valence electrons. The molecule has 10 heteroatoms. The monoisotopic (exact) mass is 401 g/mol. The van der Waals surface area contributed by atoms with Crippen LogP contribution in [0.5, 0.6) is 0 Å². The molecule has 1 heterocycles. The van der Waals surface area contributed by atoms with Crippen LogP contribution in [0.1, 0.15) is 24.6 Å². The molecule has 0 radical (unpaired) electrons. The van der Waals surface area contributed by atoms with E-state index in [0.717, 1.165) is 5.56 Å². The molecule has 0 saturated carbocycles. The molecule has 0 bridgehead atoms. The van der Waals surface area contributed by atoms with E-state index in [-0.39, 0.29) is 25.3 Å². The molecule has 1 aromatic carbocycles. The first-order chi connectivity index (χ1) is 14.1. The summed E-state index contributed by atoms with van der Waals surface area (Å²) in [6.07, 6.45) is 3.03. The van der Waals surface area contributed by atoms with Gasteiger partial charge in [0.2, 0.25) is 5.91 Å². The molecule has 0 spiro atoms. The molecule has 3 N–H and O–H groups in total. The number of allylic oxidation sites excluding steroid dienone is 1. The number of carbonyl (C=O) groups excluding carboxylic acids is 1. The van der Waals surface area contributed by atoms with E-state index >= 15 is 0 Å². The van der Waals surface area contributed by atoms with Gasteiger partial charge >= 0.3 is 0 Å². The van der Waals surface area contributed by atoms with Crippen molar-refractivity contribution < 1.29 is 9.18 Å². The van der Waals surface area contributed by atoms with Gasteiger partial charge in [-0.05, 0) is 37.5 Å². The Morgan fingerprint density at radius 2 is 1.97 bits per heavy atom. The van der Waals surface area contributed by atoms with Gasteiger partial charge in [-0.3, -0.25) is 9.80 Å². The fraction of sp³-hybridized carbons (Fsp3) is 0.316. The summed E-state index contributed by atoms with van der Waals surface area (Å²) < 4.78 is 14.0. The second-order valence-corrected chi connectivity index (χ2v) is 5.96. The number of benzene rings is 1. The van der Waals surface area contributed by atoms with E-state index in [9.17, 15) is 9.18 Å². The molecule has 0 aliphatic carbocycles. The Bertz CT molecular complexity index is 772. The van der Waals surface area contributed by atoms with Crippen molar-refractivity contribution in [3.63, 3.8) is 0 Å². The Labute approximate surface area is 168 Å². The number of nitroso groups, excluding NO2 is 1. The standard InChI is InChI=1S/C19H23FN6O.HNO/c1-2-12-26(25-21)14-16(20)8-9-17-10-11-18(24-23-17)22-19(27)13-15-6-4-3-5-7-15;1-2/h2-7,10-12,16,21H,8-9,13-14H2,1H3,(H,22,24,27);1H/b12-2+,25-21?;. The molecule has 1 atom stereocenters. The third-order valence-corrected chi connectivity index (χ3v) is 3.74. The van der Waals surface area contributed by atoms with Crippen molar-refractivity contribution >= 4 is 11.7 Å². The van der Waals surface area contributed by atoms with Crippen LogP contribution in [0.3, 0.4) is 0 Å². The maximum absolute atomic E-state index is 14.0. The number of amides is 1. The van der Waals surface area contributed by atoms with Crippen molar-refractivity contribution in [3.05, 3.63) is 70.9 Å². The van der Waals surface area contributed by atoms with Crippen molar-refractivity contribution in [2.45, 2.75) is 32.4 Å². The maximum atomic E-state index is 14.0. The largest absolute Gasteiger partial charge is 0.309 e. The van der Waals surface area contributed by atoms with E-state index in [2.05, 4.69) is 26.3 Å². The van der Waals surface area contributed by atoms with Crippen LogP contribution in [0.4, 0.5) is 10.2 Å². The van der Waals surface area contributed by atoms with E-state index < -0.39 is 6.17 Å². The molecule has 2 aromatic rings. The predicted molar refractivity (Wildman–Crippen MR) is 107 cm³/mol. The van der Waals surface area contributed by atoms with Crippen molar-refractivity contribution in [2.24, 2.45) is 5.22 Å². The highest BCUT2D eigenvalue weighted by atomic mass is 19.1. The Kier molecular flexibility index (Phi) is 11.0. The molecule has 9 nitrogen and oxygen atoms in total. The first-order valence-corrected chi connectivity index (χ1v) is 8.88. The third kappa shape index (κ3) is 9.27. The van der Waals surface area contributed by atoms with E-state index in [1.165, 1.54) is 5.01 Å². The minimum Gasteiger partial charge on any atom is -0.309 e. The Balaban J connectivity index is 0.00000204. The quantitative estimate of drug-likeness (QED) is 0.314. The van der Waals surface area contributed by atoms with Gasteiger partial charge in [0.05, 0.1) is 18.7 Å². The van der Waals surface area contributed by atoms with E-state index in [1.807, 2.05) is 30.3 Å². The van der Waals surface area contributed by atoms with E-state index in [4.69, 9.17) is 10.4 Å². The molecule has 1 aromatic heterocycles. The van der Waals surface area contributed by atoms with Crippen molar-refractivity contribution in [1.29, 1.82) is 11.1 Å². The highest BCUT2D eigenvalue weighted by molar-refractivity contribution is 5.91. The first kappa shape index (κ1) is 23.5. The van der Waals surface area contributed by atoms with Gasteiger partial charge in [0.25, 0.3) is 0 Å². The predicted octanol–water partition coefficient (Wildman–Crippen LogP) is 4.04. The van der Waals surface area contributed by atoms with Gasteiger partial charge in [0, 0.05) is 6.20 Å². The summed E-state index contributed by atoms with van der Waals surface area (Å²) in [6.45, 7) is 1.80. The van der Waals surface area contributed by atoms with Crippen molar-refractivity contribution in [1.82, 2.24) is 15.2 Å². The van der Waals surface area contributed by atoms with Crippen LogP contribution in [0.2, 0.25) is 0 Å². The Morgan fingerprint density at radius 1 is 1.24 bits per heavy atom. The summed E-state index contributed by atoms with van der Waals surface area (Å²) in [5, 5.41) is 15.2. The zero-order valence-electron chi connectivity index (χ0n) is 16.1. The van der Waals surface area contributed by atoms with Crippen LogP contribution in [-0.4, -0.2) is 33.8 Å². The van der Waals surface area contributed by atoms with Gasteiger partial charge in [-0.15, -0.1) is 5.10 Å². The second kappa shape index (κ2) is 13.6. The number of anilines is 1. The van der Waals surface area contributed by atoms with Gasteiger partial charge < -0.3 is 5.32 Å². The summed E-state index contributed by atoms with van der Waals surface area (Å²) in [6, 6.07) is 12.8. The fourth-order valence-electron chi connectivity index (χ4n) is 2.43. The van der Waals surface area contributed by atoms with Gasteiger partial charge in [-0.1, -0.05) is 47.2 Å². The van der Waals surface area contributed by atoms with Crippen LogP contribution in [-0.2, 0) is 17.6 Å². The second-order valence-electron chi connectivity index (χ2n) is 5.96. The number of aryl methyl sites for hydroxylation is 1. The normalized spacial score (nSPS) is 11.2. The van der Waals surface area contributed by atoms with Gasteiger partial charge in [-0.2, -0.15) is 15.5 Å². The first-order valence-electron chi connectivity index (χ1n) is 8.88. The highest BCUT2D eigenvalue weighted by Gasteiger charge is 2.12. The number of carbonyl (C=O) groups is 1. The molecular formula is C19H24FN7O2. The molecule has 0 aliphatic rings. The van der Waals surface area contributed by atoms with E-state index in [0.29, 0.717) is 17.9 Å². The summed E-state index contributed by atoms with van der Waals surface area (Å²) in [5.74, 6) is 0.194. The molecule has 0 fully saturated rings. The molecule has 1 unspecified atom stereocenters. The van der Waals surface area contributed by atoms with Gasteiger partial charge in [-0.25, -0.2) is 4.39 Å². The highest BCUT2D eigenvalue weighted by Crippen LogP contribution is 2.10. The van der Waals surface area contributed by atoms with Crippen LogP contribution in [0, 0.1) is 16.0 Å². The molecular weight excluding hydrogens is 377 g/mol. The summed E-state index contributed by atoms with van der Waals surface area (Å²) in [7, 11) is 0. The molecule has 29 heavy (non-hydrogen) atoms. The number of nitrogens with zero attached hydrogens (tertiary/aromatic N) is 4. The lowest BCUT2D eigenvalue weighted by atomic mass is 10.1. The number of nitrogens with one attached hydrogen (secondary N) is 3. The zero-order chi connectivity index (χ0) is 21.5. The van der Waals surface area contributed by atoms with Crippen LogP contribution in [0.15, 0.2) is 60.0 Å². The topological polar surface area (TPSA) is 135 Å². The summed E-state index contributed by atoms with van der Waals surface area (Å²) in [5.41, 5.74) is 13.0. The van der Waals surface area contributed by atoms with Crippen molar-refractivity contribution in [3.8, 4) is 0 Å². The van der Waals surface area contributed by atoms with Crippen LogP contribution < -0.4 is 5.32 Å².